The molecule has 4 aromatic rings. The Morgan fingerprint density at radius 1 is 1.00 bits per heavy atom. The van der Waals surface area contributed by atoms with Crippen molar-refractivity contribution >= 4 is 15.9 Å². The minimum Gasteiger partial charge on any atom is -0.348 e. The maximum atomic E-state index is 14.2. The summed E-state index contributed by atoms with van der Waals surface area (Å²) in [7, 11) is -4.28. The zero-order valence-corrected chi connectivity index (χ0v) is 19.8. The number of carbonyl (C=O) groups is 1. The molecule has 0 bridgehead atoms. The fourth-order valence-electron chi connectivity index (χ4n) is 3.70. The van der Waals surface area contributed by atoms with Gasteiger partial charge in [0.05, 0.1) is 12.4 Å². The molecular formula is C26H25FN4O3S. The Morgan fingerprint density at radius 3 is 2.34 bits per heavy atom. The average molecular weight is 493 g/mol. The molecule has 0 aliphatic rings. The highest BCUT2D eigenvalue weighted by atomic mass is 32.2. The van der Waals surface area contributed by atoms with E-state index >= 15 is 0 Å². The number of amides is 1. The quantitative estimate of drug-likeness (QED) is 0.372. The van der Waals surface area contributed by atoms with E-state index in [-0.39, 0.29) is 6.42 Å². The molecule has 7 nitrogen and oxygen atoms in total. The van der Waals surface area contributed by atoms with Crippen molar-refractivity contribution in [2.24, 2.45) is 0 Å². The van der Waals surface area contributed by atoms with Crippen LogP contribution in [0.25, 0.3) is 5.69 Å². The lowest BCUT2D eigenvalue weighted by Crippen LogP contribution is -2.48. The first kappa shape index (κ1) is 24.3. The van der Waals surface area contributed by atoms with E-state index in [1.54, 1.807) is 36.8 Å². The van der Waals surface area contributed by atoms with Crippen molar-refractivity contribution < 1.29 is 17.6 Å². The van der Waals surface area contributed by atoms with Gasteiger partial charge in [-0.15, -0.1) is 0 Å². The number of benzene rings is 3. The molecule has 9 heteroatoms. The number of hydrogen-bond acceptors (Lipinski definition) is 4. The van der Waals surface area contributed by atoms with Crippen molar-refractivity contribution in [2.45, 2.75) is 30.3 Å². The van der Waals surface area contributed by atoms with Gasteiger partial charge in [-0.05, 0) is 48.7 Å². The molecule has 1 aromatic heterocycles. The molecule has 0 radical (unpaired) electrons. The van der Waals surface area contributed by atoms with E-state index in [0.29, 0.717) is 0 Å². The lowest BCUT2D eigenvalue weighted by molar-refractivity contribution is -0.123. The van der Waals surface area contributed by atoms with Crippen molar-refractivity contribution in [1.82, 2.24) is 19.6 Å². The number of halogens is 1. The average Bonchev–Trinajstić information content (AvgIpc) is 3.39. The van der Waals surface area contributed by atoms with E-state index in [1.807, 2.05) is 48.0 Å². The number of hydrogen-bond donors (Lipinski definition) is 2. The lowest BCUT2D eigenvalue weighted by Gasteiger charge is -2.22. The van der Waals surface area contributed by atoms with Gasteiger partial charge in [0.1, 0.15) is 16.8 Å². The lowest BCUT2D eigenvalue weighted by atomic mass is 10.0. The van der Waals surface area contributed by atoms with Crippen LogP contribution in [0.2, 0.25) is 0 Å². The molecule has 2 N–H and O–H groups in total. The summed E-state index contributed by atoms with van der Waals surface area (Å²) in [6, 6.07) is 20.2. The summed E-state index contributed by atoms with van der Waals surface area (Å²) in [5.41, 5.74) is 2.53. The van der Waals surface area contributed by atoms with E-state index in [9.17, 15) is 17.6 Å². The molecule has 0 aliphatic heterocycles. The second-order valence-corrected chi connectivity index (χ2v) is 9.77. The summed E-state index contributed by atoms with van der Waals surface area (Å²) in [5, 5.41) is 2.88. The normalized spacial score (nSPS) is 13.2. The fraction of sp³-hybridized carbons (Fsp3) is 0.154. The summed E-state index contributed by atoms with van der Waals surface area (Å²) in [6.07, 6.45) is 5.31. The second kappa shape index (κ2) is 10.6. The summed E-state index contributed by atoms with van der Waals surface area (Å²) >= 11 is 0. The van der Waals surface area contributed by atoms with E-state index in [2.05, 4.69) is 15.0 Å². The Labute approximate surface area is 203 Å². The molecule has 0 saturated carbocycles. The molecule has 0 fully saturated rings. The van der Waals surface area contributed by atoms with E-state index in [4.69, 9.17) is 0 Å². The molecule has 1 heterocycles. The van der Waals surface area contributed by atoms with E-state index in [1.165, 1.54) is 18.2 Å². The molecule has 180 valence electrons. The Morgan fingerprint density at radius 2 is 1.69 bits per heavy atom. The van der Waals surface area contributed by atoms with Crippen molar-refractivity contribution in [3.05, 3.63) is 115 Å². The van der Waals surface area contributed by atoms with Crippen LogP contribution < -0.4 is 10.0 Å². The SMILES string of the molecule is C[C@@H](NC(=O)[C@@H](Cc1ccccc1)NS(=O)(=O)c1ccccc1F)c1ccc(-n2ccnc2)cc1. The standard InChI is InChI=1S/C26H25FN4O3S/c1-19(21-11-13-22(14-12-21)31-16-15-28-18-31)29-26(32)24(17-20-7-3-2-4-8-20)30-35(33,34)25-10-6-5-9-23(25)27/h2-16,18-19,24,30H,17H2,1H3,(H,29,32)/t19-,24-/m1/s1. The van der Waals surface area contributed by atoms with Crippen LogP contribution in [-0.4, -0.2) is 29.9 Å². The Balaban J connectivity index is 1.53. The zero-order chi connectivity index (χ0) is 24.8. The van der Waals surface area contributed by atoms with Gasteiger partial charge < -0.3 is 9.88 Å². The third-order valence-corrected chi connectivity index (χ3v) is 7.08. The first-order valence-corrected chi connectivity index (χ1v) is 12.5. The highest BCUT2D eigenvalue weighted by Gasteiger charge is 2.28. The van der Waals surface area contributed by atoms with Crippen LogP contribution in [0.3, 0.4) is 0 Å². The monoisotopic (exact) mass is 492 g/mol. The summed E-state index contributed by atoms with van der Waals surface area (Å²) in [4.78, 5) is 16.8. The van der Waals surface area contributed by atoms with Crippen LogP contribution in [-0.2, 0) is 21.2 Å². The van der Waals surface area contributed by atoms with Crippen molar-refractivity contribution in [3.8, 4) is 5.69 Å². The van der Waals surface area contributed by atoms with E-state index < -0.39 is 38.7 Å². The van der Waals surface area contributed by atoms with Crippen LogP contribution in [0.15, 0.2) is 102 Å². The van der Waals surface area contributed by atoms with Gasteiger partial charge in [0, 0.05) is 18.1 Å². The highest BCUT2D eigenvalue weighted by Crippen LogP contribution is 2.18. The fourth-order valence-corrected chi connectivity index (χ4v) is 4.97. The van der Waals surface area contributed by atoms with Gasteiger partial charge in [-0.2, -0.15) is 4.72 Å². The van der Waals surface area contributed by atoms with Crippen LogP contribution in [0.5, 0.6) is 0 Å². The number of sulfonamides is 1. The second-order valence-electron chi connectivity index (χ2n) is 8.09. The molecule has 0 spiro atoms. The molecular weight excluding hydrogens is 467 g/mol. The van der Waals surface area contributed by atoms with Crippen LogP contribution in [0.1, 0.15) is 24.1 Å². The van der Waals surface area contributed by atoms with Gasteiger partial charge in [-0.3, -0.25) is 4.79 Å². The molecule has 1 amide bonds. The topological polar surface area (TPSA) is 93.1 Å². The third kappa shape index (κ3) is 6.00. The van der Waals surface area contributed by atoms with Crippen molar-refractivity contribution in [1.29, 1.82) is 0 Å². The van der Waals surface area contributed by atoms with Gasteiger partial charge in [0.2, 0.25) is 15.9 Å². The largest absolute Gasteiger partial charge is 0.348 e. The number of aromatic nitrogens is 2. The van der Waals surface area contributed by atoms with Crippen LogP contribution >= 0.6 is 0 Å². The van der Waals surface area contributed by atoms with Crippen LogP contribution in [0, 0.1) is 5.82 Å². The minimum atomic E-state index is -4.28. The predicted octanol–water partition coefficient (Wildman–Crippen LogP) is 3.78. The zero-order valence-electron chi connectivity index (χ0n) is 19.0. The smallest absolute Gasteiger partial charge is 0.244 e. The number of rotatable bonds is 9. The molecule has 4 rings (SSSR count). The first-order chi connectivity index (χ1) is 16.8. The Kier molecular flexibility index (Phi) is 7.38. The van der Waals surface area contributed by atoms with Gasteiger partial charge in [0.25, 0.3) is 0 Å². The number of imidazole rings is 1. The molecule has 2 atom stereocenters. The number of carbonyl (C=O) groups excluding carboxylic acids is 1. The maximum absolute atomic E-state index is 14.2. The third-order valence-electron chi connectivity index (χ3n) is 5.58. The Bertz CT molecular complexity index is 1380. The molecule has 3 aromatic carbocycles. The van der Waals surface area contributed by atoms with Gasteiger partial charge in [-0.1, -0.05) is 54.6 Å². The van der Waals surface area contributed by atoms with Gasteiger partial charge in [-0.25, -0.2) is 17.8 Å². The summed E-state index contributed by atoms with van der Waals surface area (Å²) < 4.78 is 44.3. The molecule has 0 saturated heterocycles. The highest BCUT2D eigenvalue weighted by molar-refractivity contribution is 7.89. The summed E-state index contributed by atoms with van der Waals surface area (Å²) in [5.74, 6) is -1.40. The van der Waals surface area contributed by atoms with Crippen molar-refractivity contribution in [3.63, 3.8) is 0 Å². The number of nitrogens with zero attached hydrogens (tertiary/aromatic N) is 2. The van der Waals surface area contributed by atoms with Crippen molar-refractivity contribution in [2.75, 3.05) is 0 Å². The summed E-state index contributed by atoms with van der Waals surface area (Å²) in [6.45, 7) is 1.81. The van der Waals surface area contributed by atoms with Crippen LogP contribution in [0.4, 0.5) is 4.39 Å². The van der Waals surface area contributed by atoms with E-state index in [0.717, 1.165) is 22.9 Å². The van der Waals surface area contributed by atoms with Gasteiger partial charge in [0.15, 0.2) is 0 Å². The maximum Gasteiger partial charge on any atom is 0.244 e. The molecule has 0 aliphatic carbocycles. The molecule has 35 heavy (non-hydrogen) atoms. The molecule has 0 unspecified atom stereocenters. The number of nitrogens with one attached hydrogen (secondary N) is 2. The Hall–Kier alpha value is -3.82. The minimum absolute atomic E-state index is 0.104. The van der Waals surface area contributed by atoms with Gasteiger partial charge >= 0.3 is 0 Å². The predicted molar refractivity (Wildman–Crippen MR) is 131 cm³/mol. The first-order valence-electron chi connectivity index (χ1n) is 11.0.